The minimum atomic E-state index is -2.24. The van der Waals surface area contributed by atoms with Crippen molar-refractivity contribution in [1.82, 2.24) is 15.1 Å². The zero-order chi connectivity index (χ0) is 27.5. The van der Waals surface area contributed by atoms with Crippen LogP contribution in [-0.2, 0) is 33.1 Å². The van der Waals surface area contributed by atoms with Crippen LogP contribution in [0.1, 0.15) is 39.9 Å². The second kappa shape index (κ2) is 11.2. The maximum atomic E-state index is 15.5. The van der Waals surface area contributed by atoms with Crippen molar-refractivity contribution in [3.8, 4) is 5.75 Å². The minimum Gasteiger partial charge on any atom is -0.488 e. The van der Waals surface area contributed by atoms with Crippen molar-refractivity contribution in [1.29, 1.82) is 0 Å². The van der Waals surface area contributed by atoms with Gasteiger partial charge in [0.2, 0.25) is 5.72 Å². The average Bonchev–Trinajstić information content (AvgIpc) is 3.28. The first-order chi connectivity index (χ1) is 18.1. The number of benzene rings is 2. The van der Waals surface area contributed by atoms with E-state index in [0.717, 1.165) is 4.90 Å². The van der Waals surface area contributed by atoms with Crippen molar-refractivity contribution in [3.05, 3.63) is 64.5 Å². The summed E-state index contributed by atoms with van der Waals surface area (Å²) in [6.07, 6.45) is 0.135. The Morgan fingerprint density at radius 1 is 1.24 bits per heavy atom. The maximum Gasteiger partial charge on any atom is 0.273 e. The van der Waals surface area contributed by atoms with Crippen LogP contribution in [0.3, 0.4) is 0 Å². The zero-order valence-corrected chi connectivity index (χ0v) is 21.0. The molecule has 1 fully saturated rings. The van der Waals surface area contributed by atoms with Gasteiger partial charge in [0.25, 0.3) is 11.8 Å². The molecule has 10 nitrogen and oxygen atoms in total. The molecule has 0 saturated carbocycles. The third-order valence-electron chi connectivity index (χ3n) is 6.92. The number of aliphatic hydroxyl groups is 2. The van der Waals surface area contributed by atoms with E-state index in [2.05, 4.69) is 5.32 Å². The molecule has 2 aliphatic rings. The van der Waals surface area contributed by atoms with Crippen LogP contribution in [-0.4, -0.2) is 85.0 Å². The van der Waals surface area contributed by atoms with Crippen LogP contribution in [0.25, 0.3) is 0 Å². The number of rotatable bonds is 10. The van der Waals surface area contributed by atoms with Crippen molar-refractivity contribution < 1.29 is 38.5 Å². The lowest BCUT2D eigenvalue weighted by molar-refractivity contribution is -0.159. The van der Waals surface area contributed by atoms with Gasteiger partial charge in [-0.05, 0) is 12.1 Å². The quantitative estimate of drug-likeness (QED) is 0.300. The SMILES string of the molecule is [B]C(O)(c1cccc(COc2cccc3c2CN(C(O)(CCC=O)C(=O)NC)C3=O)c1F)N1CCOCC1. The Kier molecular flexibility index (Phi) is 8.17. The number of amides is 2. The summed E-state index contributed by atoms with van der Waals surface area (Å²) in [5.74, 6) is -1.89. The van der Waals surface area contributed by atoms with Gasteiger partial charge in [-0.2, -0.15) is 0 Å². The molecule has 0 spiro atoms. The Hall–Kier alpha value is -3.32. The second-order valence-electron chi connectivity index (χ2n) is 9.17. The number of ether oxygens (including phenoxy) is 2. The highest BCUT2D eigenvalue weighted by Gasteiger charge is 2.48. The molecule has 0 aliphatic carbocycles. The Morgan fingerprint density at radius 2 is 1.95 bits per heavy atom. The molecule has 3 N–H and O–H groups in total. The number of fused-ring (bicyclic) bond motifs is 1. The van der Waals surface area contributed by atoms with Crippen LogP contribution < -0.4 is 10.1 Å². The van der Waals surface area contributed by atoms with Gasteiger partial charge in [-0.25, -0.2) is 4.39 Å². The Labute approximate surface area is 220 Å². The van der Waals surface area contributed by atoms with E-state index in [0.29, 0.717) is 38.2 Å². The first-order valence-corrected chi connectivity index (χ1v) is 12.2. The first-order valence-electron chi connectivity index (χ1n) is 12.2. The monoisotopic (exact) mass is 525 g/mol. The molecular weight excluding hydrogens is 496 g/mol. The molecule has 0 aromatic heterocycles. The summed E-state index contributed by atoms with van der Waals surface area (Å²) in [4.78, 5) is 39.1. The summed E-state index contributed by atoms with van der Waals surface area (Å²) < 4.78 is 26.7. The van der Waals surface area contributed by atoms with E-state index in [1.54, 1.807) is 18.2 Å². The standard InChI is InChI=1S/C26H29BFN3O7/c1-29-24(34)25(35,9-4-12-32)31-15-19-18(23(31)33)6-3-8-21(19)38-16-17-5-2-7-20(22(17)28)26(27,36)30-10-13-37-14-11-30/h2-3,5-8,12,35-36H,4,9-11,13-16H2,1H3,(H,29,34). The van der Waals surface area contributed by atoms with E-state index in [4.69, 9.17) is 17.3 Å². The molecule has 2 atom stereocenters. The number of halogens is 1. The zero-order valence-electron chi connectivity index (χ0n) is 21.0. The molecule has 2 aromatic rings. The van der Waals surface area contributed by atoms with Crippen LogP contribution in [0.5, 0.6) is 5.75 Å². The summed E-state index contributed by atoms with van der Waals surface area (Å²) in [5, 5.41) is 24.4. The highest BCUT2D eigenvalue weighted by molar-refractivity contribution is 6.14. The number of carbonyl (C=O) groups is 3. The van der Waals surface area contributed by atoms with Gasteiger partial charge >= 0.3 is 0 Å². The number of hydrogen-bond acceptors (Lipinski definition) is 8. The summed E-state index contributed by atoms with van der Waals surface area (Å²) >= 11 is 0. The number of hydrogen-bond donors (Lipinski definition) is 3. The summed E-state index contributed by atoms with van der Waals surface area (Å²) in [6.45, 7) is 1.00. The Balaban J connectivity index is 1.57. The Bertz CT molecular complexity index is 1220. The number of morpholine rings is 1. The molecule has 12 heteroatoms. The second-order valence-corrected chi connectivity index (χ2v) is 9.17. The first kappa shape index (κ1) is 27.7. The number of likely N-dealkylation sites (N-methyl/N-ethyl adjacent to an activating group) is 1. The summed E-state index contributed by atoms with van der Waals surface area (Å²) in [5.41, 5.74) is -3.64. The largest absolute Gasteiger partial charge is 0.488 e. The number of nitrogens with zero attached hydrogens (tertiary/aromatic N) is 2. The van der Waals surface area contributed by atoms with Gasteiger partial charge in [0.15, 0.2) is 0 Å². The lowest BCUT2D eigenvalue weighted by atomic mass is 9.81. The van der Waals surface area contributed by atoms with Gasteiger partial charge in [0.1, 0.15) is 32.3 Å². The summed E-state index contributed by atoms with van der Waals surface area (Å²) in [7, 11) is 7.45. The molecule has 38 heavy (non-hydrogen) atoms. The van der Waals surface area contributed by atoms with E-state index in [9.17, 15) is 24.6 Å². The predicted molar refractivity (Wildman–Crippen MR) is 133 cm³/mol. The molecule has 200 valence electrons. The fourth-order valence-electron chi connectivity index (χ4n) is 4.78. The van der Waals surface area contributed by atoms with Crippen LogP contribution in [0.2, 0.25) is 0 Å². The third-order valence-corrected chi connectivity index (χ3v) is 6.92. The smallest absolute Gasteiger partial charge is 0.273 e. The van der Waals surface area contributed by atoms with Gasteiger partial charge < -0.3 is 29.8 Å². The number of aldehydes is 1. The molecule has 2 amide bonds. The van der Waals surface area contributed by atoms with E-state index in [-0.39, 0.29) is 48.4 Å². The topological polar surface area (TPSA) is 129 Å². The van der Waals surface area contributed by atoms with Crippen molar-refractivity contribution >= 4 is 25.9 Å². The predicted octanol–water partition coefficient (Wildman–Crippen LogP) is 0.378. The fourth-order valence-corrected chi connectivity index (χ4v) is 4.78. The van der Waals surface area contributed by atoms with Crippen LogP contribution in [0.4, 0.5) is 4.39 Å². The molecule has 2 radical (unpaired) electrons. The Morgan fingerprint density at radius 3 is 2.63 bits per heavy atom. The molecule has 2 aliphatic heterocycles. The van der Waals surface area contributed by atoms with Gasteiger partial charge in [-0.3, -0.25) is 19.4 Å². The van der Waals surface area contributed by atoms with Gasteiger partial charge in [-0.1, -0.05) is 24.3 Å². The van der Waals surface area contributed by atoms with E-state index in [1.807, 2.05) is 0 Å². The molecule has 2 unspecified atom stereocenters. The lowest BCUT2D eigenvalue weighted by Gasteiger charge is -2.40. The van der Waals surface area contributed by atoms with Gasteiger partial charge in [0, 0.05) is 55.2 Å². The van der Waals surface area contributed by atoms with Gasteiger partial charge in [-0.15, -0.1) is 0 Å². The third kappa shape index (κ3) is 5.04. The van der Waals surface area contributed by atoms with Crippen LogP contribution in [0, 0.1) is 5.82 Å². The summed E-state index contributed by atoms with van der Waals surface area (Å²) in [6, 6.07) is 9.17. The molecular formula is C26H29BFN3O7. The molecule has 0 bridgehead atoms. The van der Waals surface area contributed by atoms with E-state index >= 15 is 4.39 Å². The van der Waals surface area contributed by atoms with Crippen molar-refractivity contribution in [2.75, 3.05) is 33.4 Å². The van der Waals surface area contributed by atoms with Crippen LogP contribution in [0.15, 0.2) is 36.4 Å². The fraction of sp³-hybridized carbons (Fsp3) is 0.423. The molecule has 4 rings (SSSR count). The normalized spacial score (nSPS) is 18.8. The van der Waals surface area contributed by atoms with Gasteiger partial charge in [0.05, 0.1) is 25.4 Å². The molecule has 2 aromatic carbocycles. The van der Waals surface area contributed by atoms with E-state index in [1.165, 1.54) is 30.1 Å². The lowest BCUT2D eigenvalue weighted by Crippen LogP contribution is -2.58. The number of nitrogens with one attached hydrogen (secondary N) is 1. The van der Waals surface area contributed by atoms with Crippen molar-refractivity contribution in [3.63, 3.8) is 0 Å². The van der Waals surface area contributed by atoms with Crippen molar-refractivity contribution in [2.45, 2.75) is 37.3 Å². The molecule has 1 saturated heterocycles. The molecule has 2 heterocycles. The highest BCUT2D eigenvalue weighted by atomic mass is 19.1. The maximum absolute atomic E-state index is 15.5. The average molecular weight is 525 g/mol. The van der Waals surface area contributed by atoms with Crippen LogP contribution >= 0.6 is 0 Å². The van der Waals surface area contributed by atoms with E-state index < -0.39 is 29.0 Å². The minimum absolute atomic E-state index is 0.106. The van der Waals surface area contributed by atoms with Crippen molar-refractivity contribution in [2.24, 2.45) is 0 Å². The number of carbonyl (C=O) groups excluding carboxylic acids is 3. The highest BCUT2D eigenvalue weighted by Crippen LogP contribution is 2.36.